The van der Waals surface area contributed by atoms with Crippen LogP contribution >= 0.6 is 15.9 Å². The van der Waals surface area contributed by atoms with Gasteiger partial charge in [0, 0.05) is 42.0 Å². The lowest BCUT2D eigenvalue weighted by molar-refractivity contribution is 0.235. The molecule has 0 spiro atoms. The Morgan fingerprint density at radius 1 is 1.50 bits per heavy atom. The molecule has 2 rings (SSSR count). The Morgan fingerprint density at radius 2 is 2.33 bits per heavy atom. The van der Waals surface area contributed by atoms with Gasteiger partial charge in [-0.15, -0.1) is 0 Å². The van der Waals surface area contributed by atoms with E-state index in [-0.39, 0.29) is 0 Å². The molecule has 0 radical (unpaired) electrons. The van der Waals surface area contributed by atoms with Crippen LogP contribution in [0.4, 0.5) is 0 Å². The van der Waals surface area contributed by atoms with E-state index in [1.165, 1.54) is 24.9 Å². The minimum Gasteiger partial charge on any atom is -0.313 e. The Kier molecular flexibility index (Phi) is 5.15. The first-order valence-corrected chi connectivity index (χ1v) is 7.51. The number of hydrogen-bond acceptors (Lipinski definition) is 3. The van der Waals surface area contributed by atoms with Gasteiger partial charge in [-0.25, -0.2) is 0 Å². The van der Waals surface area contributed by atoms with Gasteiger partial charge in [0.05, 0.1) is 0 Å². The van der Waals surface area contributed by atoms with Crippen LogP contribution in [0.3, 0.4) is 0 Å². The van der Waals surface area contributed by atoms with Gasteiger partial charge in [0.25, 0.3) is 0 Å². The second-order valence-corrected chi connectivity index (χ2v) is 6.26. The van der Waals surface area contributed by atoms with Gasteiger partial charge >= 0.3 is 0 Å². The smallest absolute Gasteiger partial charge is 0.0410 e. The van der Waals surface area contributed by atoms with Crippen molar-refractivity contribution in [2.24, 2.45) is 0 Å². The summed E-state index contributed by atoms with van der Waals surface area (Å²) in [5, 5.41) is 3.55. The highest BCUT2D eigenvalue weighted by Gasteiger charge is 2.24. The molecule has 0 amide bonds. The molecule has 1 aromatic rings. The lowest BCUT2D eigenvalue weighted by Crippen LogP contribution is -2.39. The molecule has 1 aliphatic rings. The largest absolute Gasteiger partial charge is 0.313 e. The van der Waals surface area contributed by atoms with Crippen molar-refractivity contribution >= 4 is 15.9 Å². The maximum Gasteiger partial charge on any atom is 0.0410 e. The van der Waals surface area contributed by atoms with Gasteiger partial charge in [0.1, 0.15) is 0 Å². The van der Waals surface area contributed by atoms with Crippen LogP contribution in [0.1, 0.15) is 32.3 Å². The molecule has 1 aromatic heterocycles. The first-order valence-electron chi connectivity index (χ1n) is 6.72. The lowest BCUT2D eigenvalue weighted by Gasteiger charge is -2.25. The molecule has 1 atom stereocenters. The third kappa shape index (κ3) is 4.04. The molecule has 4 heteroatoms. The summed E-state index contributed by atoms with van der Waals surface area (Å²) in [6, 6.07) is 3.41. The SMILES string of the molecule is CC(C)NCC1CCCN1Cc1cncc(Br)c1. The molecule has 0 saturated carbocycles. The van der Waals surface area contributed by atoms with Crippen LogP contribution in [0, 0.1) is 0 Å². The molecule has 0 aromatic carbocycles. The van der Waals surface area contributed by atoms with E-state index in [9.17, 15) is 0 Å². The van der Waals surface area contributed by atoms with Crippen LogP contribution in [-0.2, 0) is 6.54 Å². The average molecular weight is 312 g/mol. The van der Waals surface area contributed by atoms with Crippen LogP contribution in [0.2, 0.25) is 0 Å². The Bertz CT molecular complexity index is 381. The van der Waals surface area contributed by atoms with Crippen LogP contribution in [0.15, 0.2) is 22.9 Å². The molecule has 1 N–H and O–H groups in total. The van der Waals surface area contributed by atoms with E-state index >= 15 is 0 Å². The number of nitrogens with zero attached hydrogens (tertiary/aromatic N) is 2. The van der Waals surface area contributed by atoms with Gasteiger partial charge in [-0.1, -0.05) is 13.8 Å². The quantitative estimate of drug-likeness (QED) is 0.906. The Morgan fingerprint density at radius 3 is 3.06 bits per heavy atom. The van der Waals surface area contributed by atoms with Crippen molar-refractivity contribution in [3.63, 3.8) is 0 Å². The van der Waals surface area contributed by atoms with Crippen molar-refractivity contribution in [2.75, 3.05) is 13.1 Å². The highest BCUT2D eigenvalue weighted by atomic mass is 79.9. The van der Waals surface area contributed by atoms with Gasteiger partial charge in [0.15, 0.2) is 0 Å². The zero-order valence-corrected chi connectivity index (χ0v) is 12.8. The fourth-order valence-corrected chi connectivity index (χ4v) is 2.90. The molecular formula is C14H22BrN3. The van der Waals surface area contributed by atoms with E-state index in [4.69, 9.17) is 0 Å². The molecular weight excluding hydrogens is 290 g/mol. The standard InChI is InChI=1S/C14H22BrN3/c1-11(2)17-9-14-4-3-5-18(14)10-12-6-13(15)8-16-7-12/h6-8,11,14,17H,3-5,9-10H2,1-2H3. The third-order valence-corrected chi connectivity index (χ3v) is 3.84. The first kappa shape index (κ1) is 14.0. The van der Waals surface area contributed by atoms with Crippen molar-refractivity contribution in [2.45, 2.75) is 45.3 Å². The number of pyridine rings is 1. The van der Waals surface area contributed by atoms with Crippen molar-refractivity contribution < 1.29 is 0 Å². The van der Waals surface area contributed by atoms with E-state index in [0.717, 1.165) is 17.6 Å². The highest BCUT2D eigenvalue weighted by Crippen LogP contribution is 2.20. The maximum atomic E-state index is 4.24. The molecule has 3 nitrogen and oxygen atoms in total. The summed E-state index contributed by atoms with van der Waals surface area (Å²) in [5.41, 5.74) is 1.29. The van der Waals surface area contributed by atoms with Gasteiger partial charge in [0.2, 0.25) is 0 Å². The molecule has 1 unspecified atom stereocenters. The normalized spacial score (nSPS) is 20.8. The lowest BCUT2D eigenvalue weighted by atomic mass is 10.2. The second kappa shape index (κ2) is 6.64. The summed E-state index contributed by atoms with van der Waals surface area (Å²) >= 11 is 3.48. The van der Waals surface area contributed by atoms with Crippen molar-refractivity contribution in [1.29, 1.82) is 0 Å². The van der Waals surface area contributed by atoms with Crippen LogP contribution in [-0.4, -0.2) is 35.1 Å². The van der Waals surface area contributed by atoms with Crippen LogP contribution < -0.4 is 5.32 Å². The number of aromatic nitrogens is 1. The molecule has 0 aliphatic carbocycles. The van der Waals surface area contributed by atoms with Crippen LogP contribution in [0.25, 0.3) is 0 Å². The Balaban J connectivity index is 1.91. The molecule has 1 aliphatic heterocycles. The van der Waals surface area contributed by atoms with Crippen molar-refractivity contribution in [1.82, 2.24) is 15.2 Å². The molecule has 1 saturated heterocycles. The van der Waals surface area contributed by atoms with E-state index in [1.54, 1.807) is 0 Å². The topological polar surface area (TPSA) is 28.2 Å². The minimum absolute atomic E-state index is 0.569. The number of halogens is 1. The number of hydrogen-bond donors (Lipinski definition) is 1. The highest BCUT2D eigenvalue weighted by molar-refractivity contribution is 9.10. The minimum atomic E-state index is 0.569. The summed E-state index contributed by atoms with van der Waals surface area (Å²) in [4.78, 5) is 6.80. The predicted octanol–water partition coefficient (Wildman–Crippen LogP) is 2.81. The van der Waals surface area contributed by atoms with E-state index in [0.29, 0.717) is 12.1 Å². The maximum absolute atomic E-state index is 4.24. The molecule has 2 heterocycles. The molecule has 18 heavy (non-hydrogen) atoms. The number of rotatable bonds is 5. The first-order chi connectivity index (χ1) is 8.65. The monoisotopic (exact) mass is 311 g/mol. The number of nitrogens with one attached hydrogen (secondary N) is 1. The summed E-state index contributed by atoms with van der Waals surface area (Å²) in [6.45, 7) is 7.72. The number of likely N-dealkylation sites (tertiary alicyclic amines) is 1. The van der Waals surface area contributed by atoms with Crippen molar-refractivity contribution in [3.8, 4) is 0 Å². The summed E-state index contributed by atoms with van der Waals surface area (Å²) in [6.07, 6.45) is 6.42. The zero-order valence-electron chi connectivity index (χ0n) is 11.2. The Hall–Kier alpha value is -0.450. The van der Waals surface area contributed by atoms with Crippen molar-refractivity contribution in [3.05, 3.63) is 28.5 Å². The van der Waals surface area contributed by atoms with E-state index in [1.807, 2.05) is 12.4 Å². The van der Waals surface area contributed by atoms with Gasteiger partial charge in [-0.3, -0.25) is 9.88 Å². The van der Waals surface area contributed by atoms with Gasteiger partial charge in [-0.05, 0) is 46.9 Å². The fourth-order valence-electron chi connectivity index (χ4n) is 2.48. The predicted molar refractivity (Wildman–Crippen MR) is 78.5 cm³/mol. The summed E-state index contributed by atoms with van der Waals surface area (Å²) < 4.78 is 1.07. The molecule has 100 valence electrons. The van der Waals surface area contributed by atoms with Crippen LogP contribution in [0.5, 0.6) is 0 Å². The second-order valence-electron chi connectivity index (χ2n) is 5.34. The van der Waals surface area contributed by atoms with Gasteiger partial charge in [-0.2, -0.15) is 0 Å². The van der Waals surface area contributed by atoms with E-state index in [2.05, 4.69) is 51.0 Å². The van der Waals surface area contributed by atoms with Gasteiger partial charge < -0.3 is 5.32 Å². The summed E-state index contributed by atoms with van der Waals surface area (Å²) in [5.74, 6) is 0. The average Bonchev–Trinajstić information content (AvgIpc) is 2.74. The molecule has 1 fully saturated rings. The van der Waals surface area contributed by atoms with E-state index < -0.39 is 0 Å². The third-order valence-electron chi connectivity index (χ3n) is 3.41. The Labute approximate surface area is 118 Å². The summed E-state index contributed by atoms with van der Waals surface area (Å²) in [7, 11) is 0. The fraction of sp³-hybridized carbons (Fsp3) is 0.643. The molecule has 0 bridgehead atoms. The zero-order chi connectivity index (χ0) is 13.0.